The van der Waals surface area contributed by atoms with Gasteiger partial charge in [0, 0.05) is 38.6 Å². The Kier molecular flexibility index (Phi) is 4.92. The van der Waals surface area contributed by atoms with Gasteiger partial charge < -0.3 is 14.5 Å². The van der Waals surface area contributed by atoms with Gasteiger partial charge in [0.05, 0.1) is 30.4 Å². The molecule has 0 saturated carbocycles. The van der Waals surface area contributed by atoms with Crippen molar-refractivity contribution in [2.45, 2.75) is 6.42 Å². The number of amides is 1. The summed E-state index contributed by atoms with van der Waals surface area (Å²) in [5.74, 6) is -0.0113. The first-order valence-electron chi connectivity index (χ1n) is 7.41. The lowest BCUT2D eigenvalue weighted by Gasteiger charge is -2.26. The smallest absolute Gasteiger partial charge is 0.226 e. The number of fused-ring (bicyclic) bond motifs is 1. The molecule has 2 aromatic heterocycles. The number of rotatable bonds is 5. The maximum absolute atomic E-state index is 12.0. The second-order valence-corrected chi connectivity index (χ2v) is 5.76. The molecule has 0 radical (unpaired) electrons. The van der Waals surface area contributed by atoms with E-state index in [1.807, 2.05) is 16.7 Å². The Morgan fingerprint density at radius 1 is 1.32 bits per heavy atom. The van der Waals surface area contributed by atoms with Crippen molar-refractivity contribution >= 4 is 23.2 Å². The van der Waals surface area contributed by atoms with Gasteiger partial charge in [0.15, 0.2) is 0 Å². The number of halogens is 1. The number of carbonyl (C=O) groups is 1. The van der Waals surface area contributed by atoms with Gasteiger partial charge in [-0.1, -0.05) is 11.6 Å². The molecule has 0 bridgehead atoms. The van der Waals surface area contributed by atoms with Crippen LogP contribution in [0.5, 0.6) is 0 Å². The van der Waals surface area contributed by atoms with Crippen LogP contribution in [0.2, 0.25) is 5.02 Å². The monoisotopic (exact) mass is 322 g/mol. The normalized spacial score (nSPS) is 16.0. The molecule has 3 heterocycles. The Hall–Kier alpha value is -1.63. The summed E-state index contributed by atoms with van der Waals surface area (Å²) in [6, 6.07) is 3.62. The summed E-state index contributed by atoms with van der Waals surface area (Å²) in [6.07, 6.45) is 3.90. The van der Waals surface area contributed by atoms with Crippen molar-refractivity contribution in [2.75, 3.05) is 39.4 Å². The lowest BCUT2D eigenvalue weighted by Crippen LogP contribution is -2.41. The van der Waals surface area contributed by atoms with Gasteiger partial charge in [-0.25, -0.2) is 4.98 Å². The molecule has 1 saturated heterocycles. The zero-order valence-electron chi connectivity index (χ0n) is 12.3. The Bertz CT molecular complexity index is 652. The fourth-order valence-corrected chi connectivity index (χ4v) is 2.68. The Morgan fingerprint density at radius 3 is 2.95 bits per heavy atom. The van der Waals surface area contributed by atoms with E-state index in [4.69, 9.17) is 16.3 Å². The topological polar surface area (TPSA) is 58.9 Å². The number of nitrogens with zero attached hydrogens (tertiary/aromatic N) is 3. The Labute approximate surface area is 134 Å². The van der Waals surface area contributed by atoms with E-state index in [1.165, 1.54) is 0 Å². The average molecular weight is 323 g/mol. The highest BCUT2D eigenvalue weighted by Gasteiger charge is 2.11. The number of carbonyl (C=O) groups excluding carboxylic acids is 1. The van der Waals surface area contributed by atoms with Crippen LogP contribution in [0, 0.1) is 0 Å². The van der Waals surface area contributed by atoms with Gasteiger partial charge >= 0.3 is 0 Å². The number of ether oxygens (including phenoxy) is 1. The largest absolute Gasteiger partial charge is 0.379 e. The second-order valence-electron chi connectivity index (χ2n) is 5.33. The van der Waals surface area contributed by atoms with Crippen LogP contribution in [0.4, 0.5) is 0 Å². The number of pyridine rings is 1. The van der Waals surface area contributed by atoms with Crippen LogP contribution in [-0.2, 0) is 16.0 Å². The molecule has 2 aromatic rings. The van der Waals surface area contributed by atoms with E-state index < -0.39 is 0 Å². The highest BCUT2D eigenvalue weighted by atomic mass is 35.5. The summed E-state index contributed by atoms with van der Waals surface area (Å²) < 4.78 is 7.13. The fourth-order valence-electron chi connectivity index (χ4n) is 2.51. The first-order valence-corrected chi connectivity index (χ1v) is 7.78. The predicted octanol–water partition coefficient (Wildman–Crippen LogP) is 0.979. The third kappa shape index (κ3) is 3.97. The molecule has 1 N–H and O–H groups in total. The van der Waals surface area contributed by atoms with Crippen LogP contribution >= 0.6 is 11.6 Å². The maximum Gasteiger partial charge on any atom is 0.226 e. The number of hydrogen-bond donors (Lipinski definition) is 1. The first-order chi connectivity index (χ1) is 10.7. The van der Waals surface area contributed by atoms with Gasteiger partial charge in [-0.15, -0.1) is 0 Å². The molecule has 22 heavy (non-hydrogen) atoms. The standard InChI is InChI=1S/C15H19ClN4O2/c16-12-1-2-14-18-13(11-20(14)10-12)9-15(21)17-3-4-19-5-7-22-8-6-19/h1-2,10-11H,3-9H2,(H,17,21). The SMILES string of the molecule is O=C(Cc1cn2cc(Cl)ccc2n1)NCCN1CCOCC1. The van der Waals surface area contributed by atoms with Crippen LogP contribution < -0.4 is 5.32 Å². The second kappa shape index (κ2) is 7.09. The lowest BCUT2D eigenvalue weighted by molar-refractivity contribution is -0.120. The van der Waals surface area contributed by atoms with Crippen molar-refractivity contribution in [3.05, 3.63) is 35.2 Å². The van der Waals surface area contributed by atoms with Crippen molar-refractivity contribution in [2.24, 2.45) is 0 Å². The molecule has 1 fully saturated rings. The molecule has 0 aliphatic carbocycles. The molecule has 1 aliphatic heterocycles. The zero-order chi connectivity index (χ0) is 15.4. The van der Waals surface area contributed by atoms with Crippen LogP contribution in [0.15, 0.2) is 24.5 Å². The number of morpholine rings is 1. The summed E-state index contributed by atoms with van der Waals surface area (Å²) in [5, 5.41) is 3.58. The minimum atomic E-state index is -0.0113. The fraction of sp³-hybridized carbons (Fsp3) is 0.467. The maximum atomic E-state index is 12.0. The van der Waals surface area contributed by atoms with Gasteiger partial charge in [-0.05, 0) is 12.1 Å². The minimum Gasteiger partial charge on any atom is -0.379 e. The highest BCUT2D eigenvalue weighted by molar-refractivity contribution is 6.30. The van der Waals surface area contributed by atoms with Crippen LogP contribution in [0.1, 0.15) is 5.69 Å². The van der Waals surface area contributed by atoms with Crippen LogP contribution in [0.25, 0.3) is 5.65 Å². The Balaban J connectivity index is 1.47. The van der Waals surface area contributed by atoms with Crippen LogP contribution in [0.3, 0.4) is 0 Å². The first kappa shape index (κ1) is 15.3. The van der Waals surface area contributed by atoms with E-state index in [0.29, 0.717) is 11.6 Å². The Morgan fingerprint density at radius 2 is 2.14 bits per heavy atom. The van der Waals surface area contributed by atoms with Gasteiger partial charge in [-0.2, -0.15) is 0 Å². The van der Waals surface area contributed by atoms with E-state index in [2.05, 4.69) is 15.2 Å². The van der Waals surface area contributed by atoms with Gasteiger partial charge in [0.2, 0.25) is 5.91 Å². The number of hydrogen-bond acceptors (Lipinski definition) is 4. The molecule has 0 unspecified atom stereocenters. The molecule has 3 rings (SSSR count). The number of nitrogens with one attached hydrogen (secondary N) is 1. The average Bonchev–Trinajstić information content (AvgIpc) is 2.89. The summed E-state index contributed by atoms with van der Waals surface area (Å²) in [4.78, 5) is 18.7. The molecule has 6 nitrogen and oxygen atoms in total. The van der Waals surface area contributed by atoms with Gasteiger partial charge in [-0.3, -0.25) is 9.69 Å². The molecular weight excluding hydrogens is 304 g/mol. The number of imidazole rings is 1. The molecule has 7 heteroatoms. The van der Waals surface area contributed by atoms with E-state index in [1.54, 1.807) is 12.3 Å². The number of aromatic nitrogens is 2. The van der Waals surface area contributed by atoms with Crippen molar-refractivity contribution in [1.82, 2.24) is 19.6 Å². The highest BCUT2D eigenvalue weighted by Crippen LogP contribution is 2.12. The van der Waals surface area contributed by atoms with Gasteiger partial charge in [0.1, 0.15) is 5.65 Å². The lowest BCUT2D eigenvalue weighted by atomic mass is 10.3. The molecule has 0 aromatic carbocycles. The predicted molar refractivity (Wildman–Crippen MR) is 84.2 cm³/mol. The van der Waals surface area contributed by atoms with Crippen LogP contribution in [-0.4, -0.2) is 59.6 Å². The van der Waals surface area contributed by atoms with Gasteiger partial charge in [0.25, 0.3) is 0 Å². The third-order valence-corrected chi connectivity index (χ3v) is 3.88. The molecule has 0 atom stereocenters. The minimum absolute atomic E-state index is 0.0113. The molecule has 1 amide bonds. The summed E-state index contributed by atoms with van der Waals surface area (Å²) in [5.41, 5.74) is 1.53. The van der Waals surface area contributed by atoms with Crippen molar-refractivity contribution < 1.29 is 9.53 Å². The molecule has 0 spiro atoms. The van der Waals surface area contributed by atoms with E-state index in [0.717, 1.165) is 44.2 Å². The van der Waals surface area contributed by atoms with Crippen molar-refractivity contribution in [3.63, 3.8) is 0 Å². The van der Waals surface area contributed by atoms with Crippen molar-refractivity contribution in [3.8, 4) is 0 Å². The zero-order valence-corrected chi connectivity index (χ0v) is 13.1. The quantitative estimate of drug-likeness (QED) is 0.891. The molecule has 1 aliphatic rings. The summed E-state index contributed by atoms with van der Waals surface area (Å²) >= 11 is 5.93. The molecule has 118 valence electrons. The van der Waals surface area contributed by atoms with Crippen molar-refractivity contribution in [1.29, 1.82) is 0 Å². The van der Waals surface area contributed by atoms with E-state index in [9.17, 15) is 4.79 Å². The summed E-state index contributed by atoms with van der Waals surface area (Å²) in [7, 11) is 0. The molecular formula is C15H19ClN4O2. The van der Waals surface area contributed by atoms with E-state index >= 15 is 0 Å². The summed E-state index contributed by atoms with van der Waals surface area (Å²) in [6.45, 7) is 4.93. The van der Waals surface area contributed by atoms with E-state index in [-0.39, 0.29) is 12.3 Å². The third-order valence-electron chi connectivity index (χ3n) is 3.66.